The lowest BCUT2D eigenvalue weighted by atomic mass is 9.91. The molecule has 0 N–H and O–H groups in total. The van der Waals surface area contributed by atoms with Crippen LogP contribution >= 0.6 is 27.5 Å². The Bertz CT molecular complexity index is 687. The Balaban J connectivity index is 1.82. The highest BCUT2D eigenvalue weighted by atomic mass is 79.9. The molecule has 1 aromatic carbocycles. The van der Waals surface area contributed by atoms with E-state index in [0.29, 0.717) is 6.54 Å². The maximum absolute atomic E-state index is 13.2. The van der Waals surface area contributed by atoms with Crippen molar-refractivity contribution >= 4 is 32.2 Å². The number of rotatable bonds is 3. The number of halogens is 3. The largest absolute Gasteiger partial charge is 0.495 e. The summed E-state index contributed by atoms with van der Waals surface area (Å²) in [4.78, 5) is 6.51. The molecule has 0 saturated carbocycles. The third kappa shape index (κ3) is 3.06. The molecule has 0 aliphatic carbocycles. The van der Waals surface area contributed by atoms with Gasteiger partial charge < -0.3 is 9.64 Å². The van der Waals surface area contributed by atoms with Crippen molar-refractivity contribution in [2.75, 3.05) is 13.7 Å². The molecule has 0 saturated heterocycles. The number of hydrogen-bond donors (Lipinski definition) is 0. The van der Waals surface area contributed by atoms with E-state index in [-0.39, 0.29) is 16.8 Å². The Labute approximate surface area is 142 Å². The van der Waals surface area contributed by atoms with Gasteiger partial charge in [-0.15, -0.1) is 0 Å². The van der Waals surface area contributed by atoms with E-state index in [1.54, 1.807) is 25.4 Å². The molecule has 0 spiro atoms. The summed E-state index contributed by atoms with van der Waals surface area (Å²) in [5, 5.41) is 0.157. The molecule has 116 valence electrons. The fraction of sp³-hybridized carbons (Fsp3) is 0.312. The zero-order chi connectivity index (χ0) is 15.7. The molecule has 0 fully saturated rings. The molecule has 2 aliphatic rings. The van der Waals surface area contributed by atoms with Crippen molar-refractivity contribution in [3.63, 3.8) is 0 Å². The van der Waals surface area contributed by atoms with Gasteiger partial charge in [-0.25, -0.2) is 9.38 Å². The molecule has 1 unspecified atom stereocenters. The summed E-state index contributed by atoms with van der Waals surface area (Å²) in [7, 11) is 1.65. The molecular weight excluding hydrogens is 371 g/mol. The third-order valence-corrected chi connectivity index (χ3v) is 4.92. The normalized spacial score (nSPS) is 20.8. The highest BCUT2D eigenvalue weighted by Crippen LogP contribution is 2.35. The van der Waals surface area contributed by atoms with Crippen LogP contribution in [0.1, 0.15) is 12.0 Å². The molecule has 1 atom stereocenters. The van der Waals surface area contributed by atoms with E-state index < -0.39 is 0 Å². The second kappa shape index (κ2) is 6.42. The van der Waals surface area contributed by atoms with E-state index in [1.165, 1.54) is 6.07 Å². The van der Waals surface area contributed by atoms with Gasteiger partial charge in [-0.3, -0.25) is 0 Å². The SMILES string of the molecule is COC1=CN=C(Br)C2CCN(Cc3ccc(F)c(Cl)c3)C=C12. The van der Waals surface area contributed by atoms with Crippen molar-refractivity contribution in [2.24, 2.45) is 10.9 Å². The minimum Gasteiger partial charge on any atom is -0.495 e. The molecule has 2 aliphatic heterocycles. The van der Waals surface area contributed by atoms with Gasteiger partial charge in [-0.05, 0) is 40.0 Å². The lowest BCUT2D eigenvalue weighted by molar-refractivity contribution is 0.271. The minimum atomic E-state index is -0.389. The smallest absolute Gasteiger partial charge is 0.142 e. The number of methoxy groups -OCH3 is 1. The van der Waals surface area contributed by atoms with Crippen LogP contribution in [0.2, 0.25) is 5.02 Å². The molecule has 0 bridgehead atoms. The molecule has 0 radical (unpaired) electrons. The Morgan fingerprint density at radius 3 is 3.05 bits per heavy atom. The van der Waals surface area contributed by atoms with Gasteiger partial charge in [0.25, 0.3) is 0 Å². The van der Waals surface area contributed by atoms with Crippen LogP contribution in [0.15, 0.2) is 46.9 Å². The van der Waals surface area contributed by atoms with Crippen molar-refractivity contribution in [2.45, 2.75) is 13.0 Å². The van der Waals surface area contributed by atoms with Gasteiger partial charge in [0.15, 0.2) is 0 Å². The van der Waals surface area contributed by atoms with Crippen molar-refractivity contribution in [3.05, 3.63) is 58.3 Å². The third-order valence-electron chi connectivity index (χ3n) is 3.87. The lowest BCUT2D eigenvalue weighted by Gasteiger charge is -2.33. The van der Waals surface area contributed by atoms with E-state index in [0.717, 1.165) is 34.5 Å². The first-order chi connectivity index (χ1) is 10.6. The van der Waals surface area contributed by atoms with Crippen LogP contribution in [0, 0.1) is 11.7 Å². The summed E-state index contributed by atoms with van der Waals surface area (Å²) < 4.78 is 19.6. The summed E-state index contributed by atoms with van der Waals surface area (Å²) in [6.45, 7) is 1.58. The van der Waals surface area contributed by atoms with Crippen LogP contribution in [-0.2, 0) is 11.3 Å². The molecule has 22 heavy (non-hydrogen) atoms. The highest BCUT2D eigenvalue weighted by molar-refractivity contribution is 9.18. The fourth-order valence-electron chi connectivity index (χ4n) is 2.74. The van der Waals surface area contributed by atoms with Crippen LogP contribution < -0.4 is 0 Å². The summed E-state index contributed by atoms with van der Waals surface area (Å²) >= 11 is 9.37. The van der Waals surface area contributed by atoms with Crippen LogP contribution in [0.25, 0.3) is 0 Å². The van der Waals surface area contributed by atoms with Crippen LogP contribution in [-0.4, -0.2) is 23.2 Å². The molecule has 0 amide bonds. The van der Waals surface area contributed by atoms with E-state index >= 15 is 0 Å². The van der Waals surface area contributed by atoms with E-state index in [4.69, 9.17) is 16.3 Å². The second-order valence-corrected chi connectivity index (χ2v) is 6.51. The molecule has 6 heteroatoms. The Hall–Kier alpha value is -1.33. The Kier molecular flexibility index (Phi) is 4.54. The van der Waals surface area contributed by atoms with Gasteiger partial charge in [-0.1, -0.05) is 17.7 Å². The van der Waals surface area contributed by atoms with Crippen molar-refractivity contribution in [1.82, 2.24) is 4.90 Å². The predicted molar refractivity (Wildman–Crippen MR) is 89.5 cm³/mol. The van der Waals surface area contributed by atoms with Gasteiger partial charge in [-0.2, -0.15) is 0 Å². The average Bonchev–Trinajstić information content (AvgIpc) is 2.51. The fourth-order valence-corrected chi connectivity index (χ4v) is 3.52. The maximum Gasteiger partial charge on any atom is 0.142 e. The van der Waals surface area contributed by atoms with E-state index in [2.05, 4.69) is 32.0 Å². The molecule has 2 heterocycles. The number of benzene rings is 1. The zero-order valence-electron chi connectivity index (χ0n) is 12.0. The van der Waals surface area contributed by atoms with Crippen LogP contribution in [0.4, 0.5) is 4.39 Å². The van der Waals surface area contributed by atoms with Crippen LogP contribution in [0.5, 0.6) is 0 Å². The molecule has 3 rings (SSSR count). The first kappa shape index (κ1) is 15.6. The predicted octanol–water partition coefficient (Wildman–Crippen LogP) is 4.48. The number of ether oxygens (including phenoxy) is 1. The summed E-state index contributed by atoms with van der Waals surface area (Å²) in [5.74, 6) is 0.641. The Morgan fingerprint density at radius 1 is 1.50 bits per heavy atom. The number of allylic oxidation sites excluding steroid dienone is 1. The minimum absolute atomic E-state index is 0.157. The molecular formula is C16H15BrClFN2O. The van der Waals surface area contributed by atoms with Crippen molar-refractivity contribution < 1.29 is 9.13 Å². The maximum atomic E-state index is 13.2. The van der Waals surface area contributed by atoms with Crippen molar-refractivity contribution in [3.8, 4) is 0 Å². The molecule has 3 nitrogen and oxygen atoms in total. The number of nitrogens with zero attached hydrogens (tertiary/aromatic N) is 2. The van der Waals surface area contributed by atoms with Crippen LogP contribution in [0.3, 0.4) is 0 Å². The van der Waals surface area contributed by atoms with E-state index in [1.807, 2.05) is 0 Å². The van der Waals surface area contributed by atoms with Gasteiger partial charge in [0.05, 0.1) is 23.0 Å². The summed E-state index contributed by atoms with van der Waals surface area (Å²) in [6, 6.07) is 4.84. The summed E-state index contributed by atoms with van der Waals surface area (Å²) in [5.41, 5.74) is 2.09. The van der Waals surface area contributed by atoms with Gasteiger partial charge in [0.2, 0.25) is 0 Å². The van der Waals surface area contributed by atoms with Crippen molar-refractivity contribution in [1.29, 1.82) is 0 Å². The van der Waals surface area contributed by atoms with Gasteiger partial charge in [0.1, 0.15) is 11.6 Å². The van der Waals surface area contributed by atoms with E-state index in [9.17, 15) is 4.39 Å². The van der Waals surface area contributed by atoms with Gasteiger partial charge >= 0.3 is 0 Å². The first-order valence-corrected chi connectivity index (χ1v) is 8.13. The number of fused-ring (bicyclic) bond motifs is 1. The average molecular weight is 386 g/mol. The highest BCUT2D eigenvalue weighted by Gasteiger charge is 2.30. The standard InChI is InChI=1S/C16H15BrClFN2O/c1-22-15-7-20-16(17)11-4-5-21(9-12(11)15)8-10-2-3-14(19)13(18)6-10/h2-3,6-7,9,11H,4-5,8H2,1H3. The summed E-state index contributed by atoms with van der Waals surface area (Å²) in [6.07, 6.45) is 4.77. The van der Waals surface area contributed by atoms with Gasteiger partial charge in [0, 0.05) is 30.8 Å². The quantitative estimate of drug-likeness (QED) is 0.766. The first-order valence-electron chi connectivity index (χ1n) is 6.96. The zero-order valence-corrected chi connectivity index (χ0v) is 14.4. The monoisotopic (exact) mass is 384 g/mol. The number of hydrogen-bond acceptors (Lipinski definition) is 3. The molecule has 0 aromatic heterocycles. The number of aliphatic imine (C=N–C) groups is 1. The topological polar surface area (TPSA) is 24.8 Å². The molecule has 1 aromatic rings. The lowest BCUT2D eigenvalue weighted by Crippen LogP contribution is -2.31. The second-order valence-electron chi connectivity index (χ2n) is 5.29. The Morgan fingerprint density at radius 2 is 2.32 bits per heavy atom.